The molecule has 0 radical (unpaired) electrons. The van der Waals surface area contributed by atoms with E-state index in [1.807, 2.05) is 43.4 Å². The zero-order valence-corrected chi connectivity index (χ0v) is 19.2. The molecule has 0 aromatic heterocycles. The van der Waals surface area contributed by atoms with Crippen LogP contribution in [0, 0.1) is 5.92 Å². The van der Waals surface area contributed by atoms with Gasteiger partial charge >= 0.3 is 6.03 Å². The quantitative estimate of drug-likeness (QED) is 0.620. The molecule has 5 nitrogen and oxygen atoms in total. The van der Waals surface area contributed by atoms with E-state index in [1.54, 1.807) is 11.9 Å². The van der Waals surface area contributed by atoms with Crippen molar-refractivity contribution in [1.82, 2.24) is 15.1 Å². The number of hydrogen-bond acceptors (Lipinski definition) is 3. The number of ether oxygens (including phenoxy) is 1. The lowest BCUT2D eigenvalue weighted by Crippen LogP contribution is -2.38. The van der Waals surface area contributed by atoms with E-state index in [1.165, 1.54) is 0 Å². The van der Waals surface area contributed by atoms with E-state index in [2.05, 4.69) is 32.2 Å². The number of nitrogens with one attached hydrogen (secondary N) is 1. The van der Waals surface area contributed by atoms with Gasteiger partial charge in [-0.1, -0.05) is 39.7 Å². The second-order valence-electron chi connectivity index (χ2n) is 7.49. The van der Waals surface area contributed by atoms with Gasteiger partial charge in [0.15, 0.2) is 0 Å². The molecule has 1 N–H and O–H groups in total. The maximum absolute atomic E-state index is 11.7. The predicted octanol–water partition coefficient (Wildman–Crippen LogP) is 4.77. The molecule has 1 unspecified atom stereocenters. The number of halogens is 2. The lowest BCUT2D eigenvalue weighted by Gasteiger charge is -2.22. The summed E-state index contributed by atoms with van der Waals surface area (Å²) in [7, 11) is 3.51. The van der Waals surface area contributed by atoms with Gasteiger partial charge in [0.2, 0.25) is 0 Å². The number of benzene rings is 2. The molecule has 0 aliphatic carbocycles. The lowest BCUT2D eigenvalue weighted by atomic mass is 10.1. The first-order chi connectivity index (χ1) is 13.9. The van der Waals surface area contributed by atoms with E-state index in [0.29, 0.717) is 12.5 Å². The Kier molecular flexibility index (Phi) is 7.81. The number of amides is 2. The molecule has 1 atom stereocenters. The van der Waals surface area contributed by atoms with Crippen molar-refractivity contribution >= 4 is 33.6 Å². The minimum Gasteiger partial charge on any atom is -0.489 e. The van der Waals surface area contributed by atoms with Crippen LogP contribution in [0.15, 0.2) is 46.9 Å². The Balaban J connectivity index is 1.59. The molecule has 0 saturated carbocycles. The Labute approximate surface area is 186 Å². The first kappa shape index (κ1) is 21.9. The molecule has 29 heavy (non-hydrogen) atoms. The molecule has 2 aromatic rings. The molecule has 0 bridgehead atoms. The van der Waals surface area contributed by atoms with Crippen molar-refractivity contribution in [3.63, 3.8) is 0 Å². The van der Waals surface area contributed by atoms with E-state index in [4.69, 9.17) is 16.3 Å². The smallest absolute Gasteiger partial charge is 0.316 e. The fourth-order valence-electron chi connectivity index (χ4n) is 3.66. The maximum atomic E-state index is 11.7. The number of rotatable bonds is 7. The second kappa shape index (κ2) is 10.3. The summed E-state index contributed by atoms with van der Waals surface area (Å²) in [5.41, 5.74) is 2.25. The number of carbonyl (C=O) groups excluding carboxylic acids is 1. The van der Waals surface area contributed by atoms with E-state index in [-0.39, 0.29) is 6.03 Å². The SMILES string of the molecule is CNC(=O)N(C)CC1CCN(Cc2cc(Br)ccc2OCc2ccc(Cl)cc2)C1. The summed E-state index contributed by atoms with van der Waals surface area (Å²) in [5, 5.41) is 3.40. The molecule has 3 rings (SSSR count). The number of carbonyl (C=O) groups is 1. The van der Waals surface area contributed by atoms with Crippen molar-refractivity contribution < 1.29 is 9.53 Å². The Hall–Kier alpha value is -1.76. The van der Waals surface area contributed by atoms with Crippen LogP contribution in [0.1, 0.15) is 17.5 Å². The van der Waals surface area contributed by atoms with Gasteiger partial charge in [0.05, 0.1) is 0 Å². The molecule has 7 heteroatoms. The Bertz CT molecular complexity index is 831. The highest BCUT2D eigenvalue weighted by atomic mass is 79.9. The summed E-state index contributed by atoms with van der Waals surface area (Å²) in [4.78, 5) is 15.9. The highest BCUT2D eigenvalue weighted by Gasteiger charge is 2.25. The zero-order chi connectivity index (χ0) is 20.8. The normalized spacial score (nSPS) is 16.6. The molecule has 2 aromatic carbocycles. The highest BCUT2D eigenvalue weighted by molar-refractivity contribution is 9.10. The lowest BCUT2D eigenvalue weighted by molar-refractivity contribution is 0.201. The Morgan fingerprint density at radius 2 is 2.07 bits per heavy atom. The largest absolute Gasteiger partial charge is 0.489 e. The summed E-state index contributed by atoms with van der Waals surface area (Å²) in [6.07, 6.45) is 1.09. The van der Waals surface area contributed by atoms with Crippen molar-refractivity contribution in [2.45, 2.75) is 19.6 Å². The van der Waals surface area contributed by atoms with Crippen LogP contribution in [-0.2, 0) is 13.2 Å². The van der Waals surface area contributed by atoms with E-state index < -0.39 is 0 Å². The van der Waals surface area contributed by atoms with E-state index in [9.17, 15) is 4.79 Å². The van der Waals surface area contributed by atoms with Crippen LogP contribution in [0.4, 0.5) is 4.79 Å². The number of nitrogens with zero attached hydrogens (tertiary/aromatic N) is 2. The average molecular weight is 481 g/mol. The standard InChI is InChI=1S/C22H27BrClN3O2/c1-25-22(28)26(2)12-17-9-10-27(13-17)14-18-11-19(23)5-8-21(18)29-15-16-3-6-20(24)7-4-16/h3-8,11,17H,9-10,12-15H2,1-2H3,(H,25,28). The molecular weight excluding hydrogens is 454 g/mol. The molecular formula is C22H27BrClN3O2. The van der Waals surface area contributed by atoms with Crippen LogP contribution in [0.2, 0.25) is 5.02 Å². The summed E-state index contributed by atoms with van der Waals surface area (Å²) >= 11 is 9.54. The molecule has 1 aliphatic rings. The summed E-state index contributed by atoms with van der Waals surface area (Å²) in [5.74, 6) is 1.39. The van der Waals surface area contributed by atoms with Crippen LogP contribution in [0.25, 0.3) is 0 Å². The summed E-state index contributed by atoms with van der Waals surface area (Å²) in [6, 6.07) is 13.8. The molecule has 156 valence electrons. The van der Waals surface area contributed by atoms with Gasteiger partial charge in [0, 0.05) is 48.8 Å². The molecule has 1 saturated heterocycles. The number of urea groups is 1. The Morgan fingerprint density at radius 3 is 2.79 bits per heavy atom. The van der Waals surface area contributed by atoms with Crippen molar-refractivity contribution in [1.29, 1.82) is 0 Å². The molecule has 2 amide bonds. The summed E-state index contributed by atoms with van der Waals surface area (Å²) < 4.78 is 7.16. The van der Waals surface area contributed by atoms with Crippen molar-refractivity contribution in [2.75, 3.05) is 33.7 Å². The average Bonchev–Trinajstić information content (AvgIpc) is 3.14. The van der Waals surface area contributed by atoms with Gasteiger partial charge < -0.3 is 15.0 Å². The minimum atomic E-state index is -0.0340. The third-order valence-corrected chi connectivity index (χ3v) is 5.93. The molecule has 1 aliphatic heterocycles. The number of likely N-dealkylation sites (tertiary alicyclic amines) is 1. The predicted molar refractivity (Wildman–Crippen MR) is 120 cm³/mol. The molecule has 1 heterocycles. The van der Waals surface area contributed by atoms with Crippen LogP contribution < -0.4 is 10.1 Å². The van der Waals surface area contributed by atoms with Crippen molar-refractivity contribution in [2.24, 2.45) is 5.92 Å². The van der Waals surface area contributed by atoms with E-state index >= 15 is 0 Å². The third-order valence-electron chi connectivity index (χ3n) is 5.19. The van der Waals surface area contributed by atoms with Gasteiger partial charge in [-0.2, -0.15) is 0 Å². The highest BCUT2D eigenvalue weighted by Crippen LogP contribution is 2.28. The minimum absolute atomic E-state index is 0.0340. The van der Waals surface area contributed by atoms with Crippen molar-refractivity contribution in [3.8, 4) is 5.75 Å². The van der Waals surface area contributed by atoms with E-state index in [0.717, 1.165) is 59.0 Å². The van der Waals surface area contributed by atoms with Crippen molar-refractivity contribution in [3.05, 3.63) is 63.1 Å². The molecule has 1 fully saturated rings. The van der Waals surface area contributed by atoms with Gasteiger partial charge in [-0.05, 0) is 54.8 Å². The van der Waals surface area contributed by atoms with Crippen LogP contribution in [0.5, 0.6) is 5.75 Å². The monoisotopic (exact) mass is 479 g/mol. The van der Waals surface area contributed by atoms with Crippen LogP contribution >= 0.6 is 27.5 Å². The first-order valence-corrected chi connectivity index (χ1v) is 10.9. The van der Waals surface area contributed by atoms with Gasteiger partial charge in [-0.3, -0.25) is 4.90 Å². The van der Waals surface area contributed by atoms with Gasteiger partial charge in [0.1, 0.15) is 12.4 Å². The number of hydrogen-bond donors (Lipinski definition) is 1. The summed E-state index contributed by atoms with van der Waals surface area (Å²) in [6.45, 7) is 4.11. The van der Waals surface area contributed by atoms with Gasteiger partial charge in [-0.25, -0.2) is 4.79 Å². The molecule has 0 spiro atoms. The maximum Gasteiger partial charge on any atom is 0.316 e. The Morgan fingerprint density at radius 1 is 1.31 bits per heavy atom. The third kappa shape index (κ3) is 6.36. The van der Waals surface area contributed by atoms with Crippen LogP contribution in [-0.4, -0.2) is 49.6 Å². The second-order valence-corrected chi connectivity index (χ2v) is 8.84. The zero-order valence-electron chi connectivity index (χ0n) is 16.8. The fraction of sp³-hybridized carbons (Fsp3) is 0.409. The topological polar surface area (TPSA) is 44.8 Å². The fourth-order valence-corrected chi connectivity index (χ4v) is 4.20. The van der Waals surface area contributed by atoms with Gasteiger partial charge in [-0.15, -0.1) is 0 Å². The first-order valence-electron chi connectivity index (χ1n) is 9.75. The van der Waals surface area contributed by atoms with Crippen LogP contribution in [0.3, 0.4) is 0 Å². The van der Waals surface area contributed by atoms with Gasteiger partial charge in [0.25, 0.3) is 0 Å².